The lowest BCUT2D eigenvalue weighted by molar-refractivity contribution is 0.506. The molecule has 0 amide bonds. The Balaban J connectivity index is 1.97. The van der Waals surface area contributed by atoms with E-state index in [4.69, 9.17) is 0 Å². The normalized spacial score (nSPS) is 18.8. The lowest BCUT2D eigenvalue weighted by Gasteiger charge is -2.25. The molecule has 2 aliphatic rings. The quantitative estimate of drug-likeness (QED) is 0.763. The summed E-state index contributed by atoms with van der Waals surface area (Å²) in [5, 5.41) is 2.90. The molecule has 0 spiro atoms. The summed E-state index contributed by atoms with van der Waals surface area (Å²) in [7, 11) is 0. The first-order valence-corrected chi connectivity index (χ1v) is 6.28. The maximum atomic E-state index is 13.2. The van der Waals surface area contributed by atoms with Gasteiger partial charge in [-0.25, -0.2) is 8.78 Å². The number of amidine groups is 1. The summed E-state index contributed by atoms with van der Waals surface area (Å²) < 4.78 is 26.1. The second kappa shape index (κ2) is 4.14. The Morgan fingerprint density at radius 3 is 2.94 bits per heavy atom. The zero-order valence-electron chi connectivity index (χ0n) is 8.99. The smallest absolute Gasteiger partial charge is 0.168 e. The molecule has 0 radical (unpaired) electrons. The molecule has 2 aliphatic heterocycles. The van der Waals surface area contributed by atoms with E-state index in [9.17, 15) is 8.78 Å². The van der Waals surface area contributed by atoms with Crippen LogP contribution in [0.3, 0.4) is 0 Å². The molecule has 1 aromatic carbocycles. The van der Waals surface area contributed by atoms with Gasteiger partial charge in [-0.05, 0) is 24.6 Å². The average molecular weight is 252 g/mol. The van der Waals surface area contributed by atoms with E-state index in [-0.39, 0.29) is 0 Å². The molecule has 5 heteroatoms. The van der Waals surface area contributed by atoms with Gasteiger partial charge < -0.3 is 4.90 Å². The Morgan fingerprint density at radius 2 is 2.12 bits per heavy atom. The largest absolute Gasteiger partial charge is 0.320 e. The van der Waals surface area contributed by atoms with Crippen molar-refractivity contribution in [2.45, 2.75) is 6.42 Å². The van der Waals surface area contributed by atoms with E-state index in [1.54, 1.807) is 6.07 Å². The molecular weight excluding hydrogens is 242 g/mol. The predicted molar refractivity (Wildman–Crippen MR) is 65.6 cm³/mol. The highest BCUT2D eigenvalue weighted by Gasteiger charge is 2.26. The summed E-state index contributed by atoms with van der Waals surface area (Å²) in [6, 6.07) is 4.00. The van der Waals surface area contributed by atoms with Crippen molar-refractivity contribution in [1.82, 2.24) is 4.90 Å². The second-order valence-corrected chi connectivity index (χ2v) is 4.76. The molecule has 0 saturated heterocycles. The van der Waals surface area contributed by atoms with Crippen molar-refractivity contribution in [2.75, 3.05) is 13.1 Å². The lowest BCUT2D eigenvalue weighted by Crippen LogP contribution is -2.29. The van der Waals surface area contributed by atoms with Crippen molar-refractivity contribution in [2.24, 2.45) is 4.99 Å². The van der Waals surface area contributed by atoms with E-state index in [1.165, 1.54) is 17.8 Å². The zero-order chi connectivity index (χ0) is 11.8. The Bertz CT molecular complexity index is 525. The maximum Gasteiger partial charge on any atom is 0.168 e. The van der Waals surface area contributed by atoms with Crippen LogP contribution >= 0.6 is 11.8 Å². The van der Waals surface area contributed by atoms with Crippen LogP contribution in [0.1, 0.15) is 12.0 Å². The minimum atomic E-state index is -0.812. The van der Waals surface area contributed by atoms with Crippen molar-refractivity contribution in [3.8, 4) is 0 Å². The number of hydrogen-bond acceptors (Lipinski definition) is 3. The molecule has 0 fully saturated rings. The van der Waals surface area contributed by atoms with Crippen molar-refractivity contribution in [1.29, 1.82) is 0 Å². The average Bonchev–Trinajstić information content (AvgIpc) is 2.76. The molecule has 2 nitrogen and oxygen atoms in total. The van der Waals surface area contributed by atoms with Crippen LogP contribution in [-0.4, -0.2) is 23.2 Å². The van der Waals surface area contributed by atoms with E-state index in [2.05, 4.69) is 9.89 Å². The first-order valence-electron chi connectivity index (χ1n) is 5.40. The van der Waals surface area contributed by atoms with Gasteiger partial charge in [0.2, 0.25) is 0 Å². The fraction of sp³-hybridized carbons (Fsp3) is 0.250. The summed E-state index contributed by atoms with van der Waals surface area (Å²) >= 11 is 1.54. The van der Waals surface area contributed by atoms with Gasteiger partial charge in [0, 0.05) is 24.1 Å². The molecule has 0 aromatic heterocycles. The molecule has 1 aromatic rings. The number of benzene rings is 1. The third-order valence-corrected chi connectivity index (χ3v) is 3.70. The summed E-state index contributed by atoms with van der Waals surface area (Å²) in [5.41, 5.74) is 1.61. The van der Waals surface area contributed by atoms with Gasteiger partial charge in [0.15, 0.2) is 16.8 Å². The minimum absolute atomic E-state index is 0.698. The molecule has 0 atom stereocenters. The highest BCUT2D eigenvalue weighted by molar-refractivity contribution is 8.16. The molecule has 0 saturated carbocycles. The van der Waals surface area contributed by atoms with Crippen LogP contribution in [0.15, 0.2) is 28.6 Å². The number of fused-ring (bicyclic) bond motifs is 1. The maximum absolute atomic E-state index is 13.2. The zero-order valence-corrected chi connectivity index (χ0v) is 9.81. The molecular formula is C12H10F2N2S. The van der Waals surface area contributed by atoms with Gasteiger partial charge in [0.05, 0.1) is 5.70 Å². The predicted octanol–water partition coefficient (Wildman–Crippen LogP) is 3.07. The molecule has 0 unspecified atom stereocenters. The van der Waals surface area contributed by atoms with Crippen LogP contribution in [-0.2, 0) is 0 Å². The number of rotatable bonds is 1. The van der Waals surface area contributed by atoms with E-state index in [1.807, 2.05) is 5.41 Å². The SMILES string of the molecule is Fc1ccc(C2=CSC3=NCCCN23)cc1F. The number of aliphatic imine (C=N–C) groups is 1. The van der Waals surface area contributed by atoms with Gasteiger partial charge in [0.25, 0.3) is 0 Å². The number of hydrogen-bond donors (Lipinski definition) is 0. The highest BCUT2D eigenvalue weighted by atomic mass is 32.2. The molecule has 0 aliphatic carbocycles. The summed E-state index contributed by atoms with van der Waals surface area (Å²) in [5.74, 6) is -1.62. The molecule has 17 heavy (non-hydrogen) atoms. The molecule has 0 N–H and O–H groups in total. The van der Waals surface area contributed by atoms with Crippen molar-refractivity contribution in [3.05, 3.63) is 40.8 Å². The fourth-order valence-corrected chi connectivity index (χ4v) is 2.92. The van der Waals surface area contributed by atoms with Crippen molar-refractivity contribution < 1.29 is 8.78 Å². The van der Waals surface area contributed by atoms with Gasteiger partial charge in [-0.2, -0.15) is 0 Å². The molecule has 88 valence electrons. The fourth-order valence-electron chi connectivity index (χ4n) is 1.96. The van der Waals surface area contributed by atoms with Crippen molar-refractivity contribution >= 4 is 22.6 Å². The van der Waals surface area contributed by atoms with Crippen LogP contribution in [0.4, 0.5) is 8.78 Å². The Hall–Kier alpha value is -1.36. The van der Waals surface area contributed by atoms with Crippen LogP contribution < -0.4 is 0 Å². The first kappa shape index (κ1) is 10.8. The third-order valence-electron chi connectivity index (χ3n) is 2.80. The van der Waals surface area contributed by atoms with Gasteiger partial charge in [-0.3, -0.25) is 4.99 Å². The van der Waals surface area contributed by atoms with E-state index in [0.29, 0.717) is 5.56 Å². The molecule has 0 bridgehead atoms. The Kier molecular flexibility index (Phi) is 2.63. The van der Waals surface area contributed by atoms with Gasteiger partial charge in [0.1, 0.15) is 0 Å². The van der Waals surface area contributed by atoms with Crippen LogP contribution in [0, 0.1) is 11.6 Å². The third kappa shape index (κ3) is 1.84. The second-order valence-electron chi connectivity index (χ2n) is 3.92. The Labute approximate surface area is 102 Å². The topological polar surface area (TPSA) is 15.6 Å². The van der Waals surface area contributed by atoms with E-state index in [0.717, 1.165) is 36.4 Å². The summed E-state index contributed by atoms with van der Waals surface area (Å²) in [6.07, 6.45) is 0.991. The summed E-state index contributed by atoms with van der Waals surface area (Å²) in [4.78, 5) is 6.45. The van der Waals surface area contributed by atoms with Crippen LogP contribution in [0.5, 0.6) is 0 Å². The monoisotopic (exact) mass is 252 g/mol. The highest BCUT2D eigenvalue weighted by Crippen LogP contribution is 2.35. The van der Waals surface area contributed by atoms with E-state index < -0.39 is 11.6 Å². The van der Waals surface area contributed by atoms with Gasteiger partial charge >= 0.3 is 0 Å². The standard InChI is InChI=1S/C12H10F2N2S/c13-9-3-2-8(6-10(9)14)11-7-17-12-15-4-1-5-16(11)12/h2-3,6-7H,1,4-5H2. The van der Waals surface area contributed by atoms with E-state index >= 15 is 0 Å². The number of thioether (sulfide) groups is 1. The van der Waals surface area contributed by atoms with Crippen LogP contribution in [0.2, 0.25) is 0 Å². The minimum Gasteiger partial charge on any atom is -0.320 e. The Morgan fingerprint density at radius 1 is 1.24 bits per heavy atom. The van der Waals surface area contributed by atoms with Gasteiger partial charge in [-0.15, -0.1) is 0 Å². The number of halogens is 2. The van der Waals surface area contributed by atoms with Crippen LogP contribution in [0.25, 0.3) is 5.70 Å². The number of nitrogens with zero attached hydrogens (tertiary/aromatic N) is 2. The molecule has 2 heterocycles. The summed E-state index contributed by atoms with van der Waals surface area (Å²) in [6.45, 7) is 1.73. The van der Waals surface area contributed by atoms with Crippen molar-refractivity contribution in [3.63, 3.8) is 0 Å². The van der Waals surface area contributed by atoms with Gasteiger partial charge in [-0.1, -0.05) is 11.8 Å². The lowest BCUT2D eigenvalue weighted by atomic mass is 10.1. The molecule has 3 rings (SSSR count). The first-order chi connectivity index (χ1) is 8.25.